The van der Waals surface area contributed by atoms with Gasteiger partial charge in [0.1, 0.15) is 0 Å². The number of aryl methyl sites for hydroxylation is 1. The van der Waals surface area contributed by atoms with Crippen molar-refractivity contribution in [2.75, 3.05) is 0 Å². The van der Waals surface area contributed by atoms with Crippen molar-refractivity contribution >= 4 is 44.1 Å². The highest BCUT2D eigenvalue weighted by molar-refractivity contribution is 7.89. The molecule has 2 N–H and O–H groups in total. The second kappa shape index (κ2) is 6.32. The topological polar surface area (TPSA) is 62.0 Å². The minimum Gasteiger partial charge on any atom is -0.358 e. The zero-order valence-electron chi connectivity index (χ0n) is 13.2. The van der Waals surface area contributed by atoms with Gasteiger partial charge in [0, 0.05) is 32.7 Å². The van der Waals surface area contributed by atoms with Gasteiger partial charge in [0.25, 0.3) is 0 Å². The second-order valence-electron chi connectivity index (χ2n) is 6.29. The molecule has 0 bridgehead atoms. The average molecular weight is 395 g/mol. The SMILES string of the molecule is O=S(=O)(NC1CCc2[nH]c3cc(Cl)ccc3c2C1)c1cccc(Cl)c1. The molecule has 25 heavy (non-hydrogen) atoms. The van der Waals surface area contributed by atoms with Crippen LogP contribution in [0.1, 0.15) is 17.7 Å². The van der Waals surface area contributed by atoms with Gasteiger partial charge in [-0.15, -0.1) is 0 Å². The quantitative estimate of drug-likeness (QED) is 0.694. The van der Waals surface area contributed by atoms with Gasteiger partial charge >= 0.3 is 0 Å². The fraction of sp³-hybridized carbons (Fsp3) is 0.222. The molecule has 0 fully saturated rings. The Hall–Kier alpha value is -1.53. The Morgan fingerprint density at radius 2 is 1.88 bits per heavy atom. The summed E-state index contributed by atoms with van der Waals surface area (Å²) in [5.74, 6) is 0. The molecule has 3 aromatic rings. The monoisotopic (exact) mass is 394 g/mol. The Morgan fingerprint density at radius 3 is 2.68 bits per heavy atom. The Balaban J connectivity index is 1.61. The van der Waals surface area contributed by atoms with Crippen LogP contribution in [0.4, 0.5) is 0 Å². The Bertz CT molecular complexity index is 1060. The lowest BCUT2D eigenvalue weighted by Crippen LogP contribution is -2.38. The van der Waals surface area contributed by atoms with Crippen molar-refractivity contribution in [1.82, 2.24) is 9.71 Å². The molecule has 4 nitrogen and oxygen atoms in total. The lowest BCUT2D eigenvalue weighted by molar-refractivity contribution is 0.506. The highest BCUT2D eigenvalue weighted by atomic mass is 35.5. The summed E-state index contributed by atoms with van der Waals surface area (Å²) in [6, 6.07) is 11.9. The lowest BCUT2D eigenvalue weighted by atomic mass is 9.92. The standard InChI is InChI=1S/C18H16Cl2N2O2S/c19-11-2-1-3-14(8-11)25(23,24)22-13-5-7-17-16(10-13)15-6-4-12(20)9-18(15)21-17/h1-4,6,8-9,13,21-22H,5,7,10H2. The third kappa shape index (κ3) is 3.29. The minimum atomic E-state index is -3.59. The number of aromatic amines is 1. The molecule has 1 aromatic heterocycles. The largest absolute Gasteiger partial charge is 0.358 e. The number of fused-ring (bicyclic) bond motifs is 3. The van der Waals surface area contributed by atoms with E-state index < -0.39 is 10.0 Å². The number of rotatable bonds is 3. The molecule has 1 atom stereocenters. The van der Waals surface area contributed by atoms with Crippen LogP contribution in [-0.4, -0.2) is 19.4 Å². The van der Waals surface area contributed by atoms with E-state index in [-0.39, 0.29) is 10.9 Å². The van der Waals surface area contributed by atoms with Crippen molar-refractivity contribution in [3.8, 4) is 0 Å². The van der Waals surface area contributed by atoms with Crippen LogP contribution in [0, 0.1) is 0 Å². The van der Waals surface area contributed by atoms with Crippen LogP contribution in [0.5, 0.6) is 0 Å². The first-order valence-electron chi connectivity index (χ1n) is 7.99. The van der Waals surface area contributed by atoms with Gasteiger partial charge in [0.2, 0.25) is 10.0 Å². The van der Waals surface area contributed by atoms with E-state index in [0.29, 0.717) is 16.5 Å². The van der Waals surface area contributed by atoms with Gasteiger partial charge in [-0.25, -0.2) is 13.1 Å². The first-order chi connectivity index (χ1) is 11.9. The Morgan fingerprint density at radius 1 is 1.08 bits per heavy atom. The molecule has 4 rings (SSSR count). The summed E-state index contributed by atoms with van der Waals surface area (Å²) in [5.41, 5.74) is 3.32. The number of benzene rings is 2. The van der Waals surface area contributed by atoms with Gasteiger partial charge in [-0.3, -0.25) is 0 Å². The fourth-order valence-corrected chi connectivity index (χ4v) is 5.16. The van der Waals surface area contributed by atoms with Crippen molar-refractivity contribution in [2.24, 2.45) is 0 Å². The van der Waals surface area contributed by atoms with Crippen LogP contribution in [-0.2, 0) is 22.9 Å². The zero-order chi connectivity index (χ0) is 17.6. The van der Waals surface area contributed by atoms with Crippen LogP contribution in [0.25, 0.3) is 10.9 Å². The average Bonchev–Trinajstić information content (AvgIpc) is 2.91. The minimum absolute atomic E-state index is 0.147. The molecule has 1 aliphatic rings. The molecule has 0 spiro atoms. The van der Waals surface area contributed by atoms with E-state index in [1.807, 2.05) is 18.2 Å². The van der Waals surface area contributed by atoms with E-state index in [1.54, 1.807) is 18.2 Å². The van der Waals surface area contributed by atoms with Crippen LogP contribution in [0.2, 0.25) is 10.0 Å². The molecule has 0 saturated heterocycles. The summed E-state index contributed by atoms with van der Waals surface area (Å²) in [7, 11) is -3.59. The summed E-state index contributed by atoms with van der Waals surface area (Å²) in [4.78, 5) is 3.59. The van der Waals surface area contributed by atoms with Crippen molar-refractivity contribution < 1.29 is 8.42 Å². The van der Waals surface area contributed by atoms with Crippen molar-refractivity contribution in [3.05, 3.63) is 63.8 Å². The van der Waals surface area contributed by atoms with Crippen LogP contribution in [0.3, 0.4) is 0 Å². The second-order valence-corrected chi connectivity index (χ2v) is 8.88. The van der Waals surface area contributed by atoms with Gasteiger partial charge in [0.15, 0.2) is 0 Å². The van der Waals surface area contributed by atoms with E-state index in [9.17, 15) is 8.42 Å². The molecule has 1 aliphatic carbocycles. The van der Waals surface area contributed by atoms with Crippen molar-refractivity contribution in [1.29, 1.82) is 0 Å². The Kier molecular flexibility index (Phi) is 4.28. The number of H-pyrrole nitrogens is 1. The van der Waals surface area contributed by atoms with E-state index in [1.165, 1.54) is 6.07 Å². The summed E-state index contributed by atoms with van der Waals surface area (Å²) in [6.45, 7) is 0. The molecule has 0 aliphatic heterocycles. The smallest absolute Gasteiger partial charge is 0.240 e. The molecule has 0 radical (unpaired) electrons. The maximum Gasteiger partial charge on any atom is 0.240 e. The van der Waals surface area contributed by atoms with Crippen molar-refractivity contribution in [3.63, 3.8) is 0 Å². The number of halogens is 2. The normalized spacial score (nSPS) is 17.6. The van der Waals surface area contributed by atoms with Crippen LogP contribution >= 0.6 is 23.2 Å². The highest BCUT2D eigenvalue weighted by Gasteiger charge is 2.26. The first kappa shape index (κ1) is 16.9. The molecule has 2 aromatic carbocycles. The van der Waals surface area contributed by atoms with E-state index in [0.717, 1.165) is 35.0 Å². The van der Waals surface area contributed by atoms with Crippen LogP contribution in [0.15, 0.2) is 47.4 Å². The summed E-state index contributed by atoms with van der Waals surface area (Å²) in [5, 5.41) is 2.19. The van der Waals surface area contributed by atoms with E-state index in [4.69, 9.17) is 23.2 Å². The maximum absolute atomic E-state index is 12.6. The van der Waals surface area contributed by atoms with Gasteiger partial charge in [-0.2, -0.15) is 0 Å². The number of hydrogen-bond acceptors (Lipinski definition) is 2. The lowest BCUT2D eigenvalue weighted by Gasteiger charge is -2.23. The molecule has 7 heteroatoms. The number of hydrogen-bond donors (Lipinski definition) is 2. The number of aromatic nitrogens is 1. The fourth-order valence-electron chi connectivity index (χ4n) is 3.42. The predicted octanol–water partition coefficient (Wildman–Crippen LogP) is 4.31. The molecular formula is C18H16Cl2N2O2S. The van der Waals surface area contributed by atoms with E-state index in [2.05, 4.69) is 9.71 Å². The van der Waals surface area contributed by atoms with Crippen molar-refractivity contribution in [2.45, 2.75) is 30.2 Å². The van der Waals surface area contributed by atoms with E-state index >= 15 is 0 Å². The highest BCUT2D eigenvalue weighted by Crippen LogP contribution is 2.31. The maximum atomic E-state index is 12.6. The zero-order valence-corrected chi connectivity index (χ0v) is 15.5. The first-order valence-corrected chi connectivity index (χ1v) is 10.2. The molecule has 0 saturated carbocycles. The van der Waals surface area contributed by atoms with Gasteiger partial charge in [-0.05, 0) is 55.2 Å². The number of sulfonamides is 1. The summed E-state index contributed by atoms with van der Waals surface area (Å²) in [6.07, 6.45) is 2.19. The molecule has 1 heterocycles. The summed E-state index contributed by atoms with van der Waals surface area (Å²) < 4.78 is 28.1. The third-order valence-electron chi connectivity index (χ3n) is 4.58. The summed E-state index contributed by atoms with van der Waals surface area (Å²) >= 11 is 12.0. The predicted molar refractivity (Wildman–Crippen MR) is 101 cm³/mol. The number of nitrogens with one attached hydrogen (secondary N) is 2. The van der Waals surface area contributed by atoms with Gasteiger partial charge in [-0.1, -0.05) is 35.3 Å². The third-order valence-corrected chi connectivity index (χ3v) is 6.57. The molecule has 1 unspecified atom stereocenters. The molecule has 0 amide bonds. The molecular weight excluding hydrogens is 379 g/mol. The van der Waals surface area contributed by atoms with Crippen LogP contribution < -0.4 is 4.72 Å². The van der Waals surface area contributed by atoms with Gasteiger partial charge in [0.05, 0.1) is 4.90 Å². The molecule has 130 valence electrons. The Labute approximate surface area is 156 Å². The van der Waals surface area contributed by atoms with Gasteiger partial charge < -0.3 is 4.98 Å².